The van der Waals surface area contributed by atoms with Crippen molar-refractivity contribution in [3.8, 4) is 5.75 Å². The number of anilines is 1. The average Bonchev–Trinajstić information content (AvgIpc) is 3.08. The van der Waals surface area contributed by atoms with E-state index >= 15 is 0 Å². The van der Waals surface area contributed by atoms with E-state index in [4.69, 9.17) is 27.9 Å². The number of nitrogens with zero attached hydrogens (tertiary/aromatic N) is 1. The van der Waals surface area contributed by atoms with Gasteiger partial charge in [0.1, 0.15) is 15.0 Å². The summed E-state index contributed by atoms with van der Waals surface area (Å²) in [4.78, 5) is 13.1. The van der Waals surface area contributed by atoms with Gasteiger partial charge in [-0.2, -0.15) is 4.31 Å². The SMILES string of the molecule is CC(C)Oc1ccc(NC(=O)[C@@H]2C[C@@H]3CC[C@H]2N(S(=O)(=O)c2cc(Cl)sc2Cl)C3)cc1. The maximum Gasteiger partial charge on any atom is 0.245 e. The number of halogens is 2. The number of carbonyl (C=O) groups excluding carboxylic acids is 1. The molecule has 1 N–H and O–H groups in total. The minimum absolute atomic E-state index is 0.0246. The first-order chi connectivity index (χ1) is 14.6. The van der Waals surface area contributed by atoms with E-state index in [0.29, 0.717) is 29.4 Å². The molecule has 2 aromatic rings. The topological polar surface area (TPSA) is 75.7 Å². The van der Waals surface area contributed by atoms with E-state index in [1.165, 1.54) is 10.4 Å². The number of ether oxygens (including phenoxy) is 1. The number of fused-ring (bicyclic) bond motifs is 3. The van der Waals surface area contributed by atoms with Gasteiger partial charge in [-0.05, 0) is 69.4 Å². The van der Waals surface area contributed by atoms with Gasteiger partial charge < -0.3 is 10.1 Å². The lowest BCUT2D eigenvalue weighted by Gasteiger charge is -2.48. The molecule has 1 aromatic heterocycles. The van der Waals surface area contributed by atoms with Gasteiger partial charge >= 0.3 is 0 Å². The fourth-order valence-corrected chi connectivity index (χ4v) is 8.33. The van der Waals surface area contributed by atoms with Crippen molar-refractivity contribution < 1.29 is 17.9 Å². The fraction of sp³-hybridized carbons (Fsp3) is 0.476. The summed E-state index contributed by atoms with van der Waals surface area (Å²) in [6.07, 6.45) is 2.31. The minimum Gasteiger partial charge on any atom is -0.491 e. The number of sulfonamides is 1. The molecule has 3 fully saturated rings. The number of carbonyl (C=O) groups is 1. The third kappa shape index (κ3) is 4.73. The summed E-state index contributed by atoms with van der Waals surface area (Å²) in [7, 11) is -3.83. The highest BCUT2D eigenvalue weighted by Gasteiger charge is 2.49. The molecule has 1 amide bonds. The van der Waals surface area contributed by atoms with Gasteiger partial charge in [0.25, 0.3) is 0 Å². The molecule has 31 heavy (non-hydrogen) atoms. The number of hydrogen-bond acceptors (Lipinski definition) is 5. The molecule has 0 spiro atoms. The predicted octanol–water partition coefficient (Wildman–Crippen LogP) is 5.27. The largest absolute Gasteiger partial charge is 0.491 e. The summed E-state index contributed by atoms with van der Waals surface area (Å²) in [6.45, 7) is 4.30. The molecule has 1 aliphatic carbocycles. The van der Waals surface area contributed by atoms with Crippen molar-refractivity contribution in [3.63, 3.8) is 0 Å². The Hall–Kier alpha value is -1.32. The van der Waals surface area contributed by atoms with Gasteiger partial charge in [0, 0.05) is 18.3 Å². The number of piperidine rings is 2. The van der Waals surface area contributed by atoms with E-state index in [9.17, 15) is 13.2 Å². The molecule has 2 saturated heterocycles. The van der Waals surface area contributed by atoms with Crippen molar-refractivity contribution in [2.75, 3.05) is 11.9 Å². The van der Waals surface area contributed by atoms with Crippen molar-refractivity contribution in [3.05, 3.63) is 39.0 Å². The molecule has 1 saturated carbocycles. The Morgan fingerprint density at radius 2 is 1.94 bits per heavy atom. The normalized spacial score (nSPS) is 23.8. The average molecular weight is 503 g/mol. The number of thiophene rings is 1. The van der Waals surface area contributed by atoms with Crippen LogP contribution in [0.5, 0.6) is 5.75 Å². The lowest BCUT2D eigenvalue weighted by molar-refractivity contribution is -0.125. The Labute approximate surface area is 196 Å². The summed E-state index contributed by atoms with van der Waals surface area (Å²) >= 11 is 13.1. The Morgan fingerprint density at radius 3 is 2.52 bits per heavy atom. The molecule has 1 aromatic carbocycles. The number of hydrogen-bond donors (Lipinski definition) is 1. The van der Waals surface area contributed by atoms with Crippen LogP contribution in [0.2, 0.25) is 8.67 Å². The van der Waals surface area contributed by atoms with E-state index in [1.807, 2.05) is 26.0 Å². The zero-order valence-corrected chi connectivity index (χ0v) is 20.3. The third-order valence-electron chi connectivity index (χ3n) is 5.77. The zero-order chi connectivity index (χ0) is 22.3. The van der Waals surface area contributed by atoms with Crippen LogP contribution in [0, 0.1) is 11.8 Å². The summed E-state index contributed by atoms with van der Waals surface area (Å²) in [5.74, 6) is 0.293. The predicted molar refractivity (Wildman–Crippen MR) is 124 cm³/mol. The Morgan fingerprint density at radius 1 is 1.23 bits per heavy atom. The maximum atomic E-state index is 13.3. The van der Waals surface area contributed by atoms with Crippen LogP contribution in [0.3, 0.4) is 0 Å². The molecule has 3 aliphatic rings. The lowest BCUT2D eigenvalue weighted by atomic mass is 9.73. The molecule has 2 aliphatic heterocycles. The van der Waals surface area contributed by atoms with Crippen LogP contribution in [-0.2, 0) is 14.8 Å². The summed E-state index contributed by atoms with van der Waals surface area (Å²) in [5, 5.41) is 2.94. The van der Waals surface area contributed by atoms with Gasteiger partial charge in [-0.1, -0.05) is 23.2 Å². The van der Waals surface area contributed by atoms with E-state index < -0.39 is 22.0 Å². The molecule has 0 unspecified atom stereocenters. The molecule has 2 bridgehead atoms. The molecule has 168 valence electrons. The van der Waals surface area contributed by atoms with Gasteiger partial charge in [0.15, 0.2) is 0 Å². The Balaban J connectivity index is 1.52. The molecular formula is C21H24Cl2N2O4S2. The summed E-state index contributed by atoms with van der Waals surface area (Å²) in [5.41, 5.74) is 0.657. The maximum absolute atomic E-state index is 13.3. The van der Waals surface area contributed by atoms with Crippen molar-refractivity contribution in [1.82, 2.24) is 4.31 Å². The van der Waals surface area contributed by atoms with E-state index in [0.717, 1.165) is 23.5 Å². The minimum atomic E-state index is -3.83. The van der Waals surface area contributed by atoms with E-state index in [1.54, 1.807) is 12.1 Å². The lowest BCUT2D eigenvalue weighted by Crippen LogP contribution is -2.57. The molecule has 3 heterocycles. The van der Waals surface area contributed by atoms with Crippen molar-refractivity contribution in [2.24, 2.45) is 11.8 Å². The second-order valence-electron chi connectivity index (χ2n) is 8.30. The number of rotatable bonds is 6. The first kappa shape index (κ1) is 22.9. The number of amides is 1. The molecule has 10 heteroatoms. The van der Waals surface area contributed by atoms with Gasteiger partial charge in [0.2, 0.25) is 15.9 Å². The van der Waals surface area contributed by atoms with E-state index in [-0.39, 0.29) is 27.2 Å². The standard InChI is InChI=1S/C21H24Cl2N2O4S2/c1-12(2)29-15-6-4-14(5-7-15)24-21(26)16-9-13-3-8-17(16)25(11-13)31(27,28)18-10-19(22)30-20(18)23/h4-7,10,12-13,16-17H,3,8-9,11H2,1-2H3,(H,24,26)/t13-,16+,17+/m0/s1. The first-order valence-electron chi connectivity index (χ1n) is 10.2. The summed E-state index contributed by atoms with van der Waals surface area (Å²) < 4.78 is 34.2. The smallest absolute Gasteiger partial charge is 0.245 e. The summed E-state index contributed by atoms with van der Waals surface area (Å²) in [6, 6.07) is 8.19. The van der Waals surface area contributed by atoms with Crippen LogP contribution in [0.15, 0.2) is 35.2 Å². The van der Waals surface area contributed by atoms with Crippen molar-refractivity contribution >= 4 is 56.2 Å². The van der Waals surface area contributed by atoms with Crippen LogP contribution >= 0.6 is 34.5 Å². The van der Waals surface area contributed by atoms with Crippen LogP contribution in [0.1, 0.15) is 33.1 Å². The first-order valence-corrected chi connectivity index (χ1v) is 13.2. The Bertz CT molecular complexity index is 1070. The Kier molecular flexibility index (Phi) is 6.57. The second-order valence-corrected chi connectivity index (χ2v) is 12.4. The zero-order valence-electron chi connectivity index (χ0n) is 17.2. The van der Waals surface area contributed by atoms with Gasteiger partial charge in [0.05, 0.1) is 16.4 Å². The van der Waals surface area contributed by atoms with Gasteiger partial charge in [-0.15, -0.1) is 11.3 Å². The molecule has 3 atom stereocenters. The molecule has 0 radical (unpaired) electrons. The fourth-order valence-electron chi connectivity index (χ4n) is 4.45. The molecule has 6 nitrogen and oxygen atoms in total. The van der Waals surface area contributed by atoms with Gasteiger partial charge in [-0.25, -0.2) is 8.42 Å². The second kappa shape index (κ2) is 8.90. The highest BCUT2D eigenvalue weighted by Crippen LogP contribution is 2.44. The van der Waals surface area contributed by atoms with Crippen LogP contribution < -0.4 is 10.1 Å². The van der Waals surface area contributed by atoms with Crippen molar-refractivity contribution in [2.45, 2.75) is 50.2 Å². The third-order valence-corrected chi connectivity index (χ3v) is 9.42. The van der Waals surface area contributed by atoms with Crippen LogP contribution in [0.4, 0.5) is 5.69 Å². The highest BCUT2D eigenvalue weighted by molar-refractivity contribution is 7.89. The molecule has 5 rings (SSSR count). The number of nitrogens with one attached hydrogen (secondary N) is 1. The monoisotopic (exact) mass is 502 g/mol. The van der Waals surface area contributed by atoms with Gasteiger partial charge in [-0.3, -0.25) is 4.79 Å². The van der Waals surface area contributed by atoms with Crippen LogP contribution in [0.25, 0.3) is 0 Å². The highest BCUT2D eigenvalue weighted by atomic mass is 35.5. The van der Waals surface area contributed by atoms with Crippen LogP contribution in [-0.4, -0.2) is 37.3 Å². The number of benzene rings is 1. The van der Waals surface area contributed by atoms with Crippen molar-refractivity contribution in [1.29, 1.82) is 0 Å². The quantitative estimate of drug-likeness (QED) is 0.583. The van der Waals surface area contributed by atoms with E-state index in [2.05, 4.69) is 5.32 Å². The molecular weight excluding hydrogens is 479 g/mol.